The van der Waals surface area contributed by atoms with Gasteiger partial charge in [0.1, 0.15) is 11.8 Å². The number of nitrogens with one attached hydrogen (secondary N) is 3. The first kappa shape index (κ1) is 17.1. The molecule has 0 bridgehead atoms. The van der Waals surface area contributed by atoms with E-state index in [0.717, 1.165) is 18.6 Å². The summed E-state index contributed by atoms with van der Waals surface area (Å²) in [6.45, 7) is 6.31. The van der Waals surface area contributed by atoms with Crippen LogP contribution >= 0.6 is 0 Å². The molecule has 0 radical (unpaired) electrons. The van der Waals surface area contributed by atoms with Gasteiger partial charge in [-0.1, -0.05) is 12.1 Å². The number of benzene rings is 1. The average Bonchev–Trinajstić information content (AvgIpc) is 2.93. The predicted molar refractivity (Wildman–Crippen MR) is 88.5 cm³/mol. The van der Waals surface area contributed by atoms with Crippen molar-refractivity contribution in [3.05, 3.63) is 29.8 Å². The molecular formula is C17H25N3O3. The monoisotopic (exact) mass is 319 g/mol. The summed E-state index contributed by atoms with van der Waals surface area (Å²) in [5.41, 5.74) is 1.21. The molecule has 1 aromatic carbocycles. The lowest BCUT2D eigenvalue weighted by Crippen LogP contribution is -2.46. The SMILES string of the molecule is CC(CCc1ccc(OC(C)C)cc1)NC(=O)C1CNC(=O)N1. The third-order valence-corrected chi connectivity index (χ3v) is 3.64. The van der Waals surface area contributed by atoms with Crippen LogP contribution in [0, 0.1) is 0 Å². The quantitative estimate of drug-likeness (QED) is 0.714. The van der Waals surface area contributed by atoms with Crippen LogP contribution in [0.5, 0.6) is 5.75 Å². The lowest BCUT2D eigenvalue weighted by atomic mass is 10.1. The summed E-state index contributed by atoms with van der Waals surface area (Å²) < 4.78 is 5.62. The van der Waals surface area contributed by atoms with E-state index < -0.39 is 6.04 Å². The number of ether oxygens (including phenoxy) is 1. The van der Waals surface area contributed by atoms with Gasteiger partial charge < -0.3 is 20.7 Å². The van der Waals surface area contributed by atoms with Crippen LogP contribution in [0.15, 0.2) is 24.3 Å². The average molecular weight is 319 g/mol. The Labute approximate surface area is 137 Å². The largest absolute Gasteiger partial charge is 0.491 e. The van der Waals surface area contributed by atoms with E-state index in [1.165, 1.54) is 5.56 Å². The third-order valence-electron chi connectivity index (χ3n) is 3.64. The first-order valence-electron chi connectivity index (χ1n) is 8.04. The highest BCUT2D eigenvalue weighted by Gasteiger charge is 2.27. The summed E-state index contributed by atoms with van der Waals surface area (Å²) in [5.74, 6) is 0.728. The van der Waals surface area contributed by atoms with Crippen LogP contribution in [-0.2, 0) is 11.2 Å². The Hall–Kier alpha value is -2.24. The van der Waals surface area contributed by atoms with Gasteiger partial charge in [0.25, 0.3) is 0 Å². The molecule has 6 nitrogen and oxygen atoms in total. The molecule has 2 unspecified atom stereocenters. The second-order valence-electron chi connectivity index (χ2n) is 6.17. The van der Waals surface area contributed by atoms with Crippen LogP contribution in [-0.4, -0.2) is 36.7 Å². The molecular weight excluding hydrogens is 294 g/mol. The molecule has 1 aromatic rings. The molecule has 2 rings (SSSR count). The number of amides is 3. The highest BCUT2D eigenvalue weighted by atomic mass is 16.5. The summed E-state index contributed by atoms with van der Waals surface area (Å²) in [6, 6.07) is 7.32. The number of hydrogen-bond acceptors (Lipinski definition) is 3. The minimum absolute atomic E-state index is 0.0478. The van der Waals surface area contributed by atoms with Crippen molar-refractivity contribution < 1.29 is 14.3 Å². The maximum Gasteiger partial charge on any atom is 0.315 e. The standard InChI is InChI=1S/C17H25N3O3/c1-11(2)23-14-8-6-13(7-9-14)5-4-12(3)19-16(21)15-10-18-17(22)20-15/h6-9,11-12,15H,4-5,10H2,1-3H3,(H,19,21)(H2,18,20,22). The molecule has 3 amide bonds. The molecule has 6 heteroatoms. The fraction of sp³-hybridized carbons (Fsp3) is 0.529. The lowest BCUT2D eigenvalue weighted by molar-refractivity contribution is -0.123. The molecule has 1 fully saturated rings. The van der Waals surface area contributed by atoms with E-state index in [2.05, 4.69) is 16.0 Å². The Kier molecular flexibility index (Phi) is 5.84. The topological polar surface area (TPSA) is 79.5 Å². The van der Waals surface area contributed by atoms with Gasteiger partial charge >= 0.3 is 6.03 Å². The van der Waals surface area contributed by atoms with Gasteiger partial charge in [-0.05, 0) is 51.3 Å². The summed E-state index contributed by atoms with van der Waals surface area (Å²) in [6.07, 6.45) is 1.88. The summed E-state index contributed by atoms with van der Waals surface area (Å²) in [4.78, 5) is 23.0. The molecule has 1 saturated heterocycles. The fourth-order valence-corrected chi connectivity index (χ4v) is 2.42. The van der Waals surface area contributed by atoms with Crippen molar-refractivity contribution in [2.75, 3.05) is 6.54 Å². The molecule has 1 heterocycles. The van der Waals surface area contributed by atoms with Gasteiger partial charge in [0.2, 0.25) is 5.91 Å². The normalized spacial score (nSPS) is 18.3. The third kappa shape index (κ3) is 5.47. The van der Waals surface area contributed by atoms with Crippen LogP contribution in [0.25, 0.3) is 0 Å². The fourth-order valence-electron chi connectivity index (χ4n) is 2.42. The van der Waals surface area contributed by atoms with E-state index in [9.17, 15) is 9.59 Å². The maximum absolute atomic E-state index is 12.0. The van der Waals surface area contributed by atoms with Crippen molar-refractivity contribution in [2.24, 2.45) is 0 Å². The predicted octanol–water partition coefficient (Wildman–Crippen LogP) is 1.59. The zero-order valence-electron chi connectivity index (χ0n) is 13.9. The van der Waals surface area contributed by atoms with E-state index in [1.807, 2.05) is 45.0 Å². The van der Waals surface area contributed by atoms with Crippen molar-refractivity contribution in [1.82, 2.24) is 16.0 Å². The highest BCUT2D eigenvalue weighted by Crippen LogP contribution is 2.15. The summed E-state index contributed by atoms with van der Waals surface area (Å²) in [7, 11) is 0. The molecule has 1 aliphatic rings. The van der Waals surface area contributed by atoms with Crippen LogP contribution in [0.3, 0.4) is 0 Å². The molecule has 0 spiro atoms. The zero-order chi connectivity index (χ0) is 16.8. The molecule has 0 aromatic heterocycles. The van der Waals surface area contributed by atoms with E-state index in [4.69, 9.17) is 4.74 Å². The molecule has 0 saturated carbocycles. The summed E-state index contributed by atoms with van der Waals surface area (Å²) >= 11 is 0. The van der Waals surface area contributed by atoms with Crippen LogP contribution in [0.2, 0.25) is 0 Å². The molecule has 126 valence electrons. The highest BCUT2D eigenvalue weighted by molar-refractivity contribution is 5.90. The van der Waals surface area contributed by atoms with Gasteiger partial charge in [0, 0.05) is 12.6 Å². The summed E-state index contributed by atoms with van der Waals surface area (Å²) in [5, 5.41) is 8.09. The Morgan fingerprint density at radius 1 is 1.30 bits per heavy atom. The number of aryl methyl sites for hydroxylation is 1. The van der Waals surface area contributed by atoms with Crippen molar-refractivity contribution in [2.45, 2.75) is 51.8 Å². The molecule has 23 heavy (non-hydrogen) atoms. The van der Waals surface area contributed by atoms with Gasteiger partial charge in [-0.25, -0.2) is 4.79 Å². The van der Waals surface area contributed by atoms with Crippen LogP contribution in [0.4, 0.5) is 4.79 Å². The van der Waals surface area contributed by atoms with Gasteiger partial charge in [0.15, 0.2) is 0 Å². The Bertz CT molecular complexity index is 543. The second kappa shape index (κ2) is 7.85. The molecule has 1 aliphatic heterocycles. The number of rotatable bonds is 7. The number of urea groups is 1. The van der Waals surface area contributed by atoms with Crippen LogP contribution in [0.1, 0.15) is 32.8 Å². The van der Waals surface area contributed by atoms with E-state index in [0.29, 0.717) is 6.54 Å². The first-order chi connectivity index (χ1) is 10.9. The van der Waals surface area contributed by atoms with E-state index >= 15 is 0 Å². The van der Waals surface area contributed by atoms with Crippen molar-refractivity contribution >= 4 is 11.9 Å². The lowest BCUT2D eigenvalue weighted by Gasteiger charge is -2.16. The minimum Gasteiger partial charge on any atom is -0.491 e. The number of hydrogen-bond donors (Lipinski definition) is 3. The van der Waals surface area contributed by atoms with E-state index in [1.54, 1.807) is 0 Å². The Morgan fingerprint density at radius 2 is 2.00 bits per heavy atom. The smallest absolute Gasteiger partial charge is 0.315 e. The first-order valence-corrected chi connectivity index (χ1v) is 8.04. The maximum atomic E-state index is 12.0. The second-order valence-corrected chi connectivity index (χ2v) is 6.17. The molecule has 3 N–H and O–H groups in total. The van der Waals surface area contributed by atoms with Gasteiger partial charge in [-0.3, -0.25) is 4.79 Å². The Morgan fingerprint density at radius 3 is 2.57 bits per heavy atom. The zero-order valence-corrected chi connectivity index (χ0v) is 13.9. The van der Waals surface area contributed by atoms with Gasteiger partial charge in [-0.15, -0.1) is 0 Å². The number of carbonyl (C=O) groups is 2. The molecule has 2 atom stereocenters. The minimum atomic E-state index is -0.475. The molecule has 0 aliphatic carbocycles. The van der Waals surface area contributed by atoms with Crippen molar-refractivity contribution in [1.29, 1.82) is 0 Å². The van der Waals surface area contributed by atoms with Crippen molar-refractivity contribution in [3.8, 4) is 5.75 Å². The number of carbonyl (C=O) groups excluding carboxylic acids is 2. The van der Waals surface area contributed by atoms with Gasteiger partial charge in [0.05, 0.1) is 6.10 Å². The Balaban J connectivity index is 1.74. The van der Waals surface area contributed by atoms with Crippen LogP contribution < -0.4 is 20.7 Å². The van der Waals surface area contributed by atoms with E-state index in [-0.39, 0.29) is 24.1 Å². The van der Waals surface area contributed by atoms with Gasteiger partial charge in [-0.2, -0.15) is 0 Å². The van der Waals surface area contributed by atoms with Crippen molar-refractivity contribution in [3.63, 3.8) is 0 Å².